The first-order valence-electron chi connectivity index (χ1n) is 7.72. The molecule has 0 aliphatic heterocycles. The molecule has 0 saturated heterocycles. The van der Waals surface area contributed by atoms with Gasteiger partial charge in [-0.3, -0.25) is 4.79 Å². The molecule has 0 radical (unpaired) electrons. The summed E-state index contributed by atoms with van der Waals surface area (Å²) in [4.78, 5) is 9.88. The zero-order chi connectivity index (χ0) is 15.9. The first-order valence-corrected chi connectivity index (χ1v) is 7.72. The Bertz CT molecular complexity index is 329. The number of hydrogen-bond acceptors (Lipinski definition) is 4. The molecule has 2 N–H and O–H groups in total. The summed E-state index contributed by atoms with van der Waals surface area (Å²) in [7, 11) is 3.82. The predicted octanol–water partition coefficient (Wildman–Crippen LogP) is 4.15. The van der Waals surface area contributed by atoms with Crippen molar-refractivity contribution in [3.63, 3.8) is 0 Å². The highest BCUT2D eigenvalue weighted by Crippen LogP contribution is 2.12. The molecule has 0 fully saturated rings. The van der Waals surface area contributed by atoms with Gasteiger partial charge in [-0.05, 0) is 36.6 Å². The molecular weight excluding hydrogens is 264 g/mol. The second kappa shape index (κ2) is 13.3. The summed E-state index contributed by atoms with van der Waals surface area (Å²) < 4.78 is 4.70. The van der Waals surface area contributed by atoms with Crippen LogP contribution in [0.3, 0.4) is 0 Å². The van der Waals surface area contributed by atoms with Gasteiger partial charge in [0, 0.05) is 25.5 Å². The molecule has 1 aromatic carbocycles. The van der Waals surface area contributed by atoms with Gasteiger partial charge < -0.3 is 15.4 Å². The number of benzene rings is 1. The van der Waals surface area contributed by atoms with Crippen LogP contribution in [0.1, 0.15) is 39.5 Å². The summed E-state index contributed by atoms with van der Waals surface area (Å²) in [6.45, 7) is 5.44. The van der Waals surface area contributed by atoms with Gasteiger partial charge in [0.2, 0.25) is 0 Å². The highest BCUT2D eigenvalue weighted by atomic mass is 16.5. The standard InChI is InChI=1S/C9H18O2.C8H12N2/c1-3-5-6-9(4-2)7-11-8-10;1-9-7-3-5-8(10-2)6-4-7/h8-9H,3-7H2,1-2H3;3-6,9-10H,1-2H3. The number of carbonyl (C=O) groups excluding carboxylic acids is 1. The van der Waals surface area contributed by atoms with E-state index >= 15 is 0 Å². The summed E-state index contributed by atoms with van der Waals surface area (Å²) in [5.41, 5.74) is 2.28. The van der Waals surface area contributed by atoms with E-state index in [4.69, 9.17) is 4.74 Å². The molecule has 0 spiro atoms. The Hall–Kier alpha value is -1.71. The number of unbranched alkanes of at least 4 members (excludes halogenated alkanes) is 1. The van der Waals surface area contributed by atoms with E-state index in [1.165, 1.54) is 19.3 Å². The van der Waals surface area contributed by atoms with E-state index in [1.807, 2.05) is 38.4 Å². The largest absolute Gasteiger partial charge is 0.468 e. The second-order valence-corrected chi connectivity index (χ2v) is 4.92. The topological polar surface area (TPSA) is 50.4 Å². The molecule has 0 aliphatic carbocycles. The Morgan fingerprint density at radius 3 is 1.95 bits per heavy atom. The zero-order valence-electron chi connectivity index (χ0n) is 13.8. The van der Waals surface area contributed by atoms with Crippen LogP contribution in [0, 0.1) is 5.92 Å². The molecule has 120 valence electrons. The maximum Gasteiger partial charge on any atom is 0.293 e. The van der Waals surface area contributed by atoms with Crippen molar-refractivity contribution in [3.8, 4) is 0 Å². The van der Waals surface area contributed by atoms with Crippen molar-refractivity contribution in [2.75, 3.05) is 31.3 Å². The average molecular weight is 294 g/mol. The van der Waals surface area contributed by atoms with Gasteiger partial charge in [0.1, 0.15) is 0 Å². The molecule has 1 aromatic rings. The van der Waals surface area contributed by atoms with Gasteiger partial charge in [-0.15, -0.1) is 0 Å². The van der Waals surface area contributed by atoms with Crippen LogP contribution in [0.25, 0.3) is 0 Å². The number of rotatable bonds is 9. The van der Waals surface area contributed by atoms with E-state index < -0.39 is 0 Å². The first kappa shape index (κ1) is 19.3. The van der Waals surface area contributed by atoms with Gasteiger partial charge in [-0.2, -0.15) is 0 Å². The van der Waals surface area contributed by atoms with E-state index in [0.29, 0.717) is 19.0 Å². The maximum absolute atomic E-state index is 9.88. The van der Waals surface area contributed by atoms with E-state index in [-0.39, 0.29) is 0 Å². The van der Waals surface area contributed by atoms with Crippen LogP contribution in [0.2, 0.25) is 0 Å². The molecule has 1 unspecified atom stereocenters. The Morgan fingerprint density at radius 1 is 1.10 bits per heavy atom. The molecule has 0 aliphatic rings. The van der Waals surface area contributed by atoms with Gasteiger partial charge in [0.15, 0.2) is 0 Å². The smallest absolute Gasteiger partial charge is 0.293 e. The Balaban J connectivity index is 0.000000382. The number of carbonyl (C=O) groups is 1. The summed E-state index contributed by atoms with van der Waals surface area (Å²) in [6, 6.07) is 8.13. The average Bonchev–Trinajstić information content (AvgIpc) is 2.56. The molecule has 4 nitrogen and oxygen atoms in total. The minimum atomic E-state index is 0.536. The van der Waals surface area contributed by atoms with Crippen molar-refractivity contribution >= 4 is 17.8 Å². The Labute approximate surface area is 129 Å². The third-order valence-corrected chi connectivity index (χ3v) is 3.41. The van der Waals surface area contributed by atoms with Gasteiger partial charge in [-0.1, -0.05) is 33.1 Å². The van der Waals surface area contributed by atoms with Crippen LogP contribution in [-0.2, 0) is 9.53 Å². The van der Waals surface area contributed by atoms with Gasteiger partial charge in [0.25, 0.3) is 6.47 Å². The van der Waals surface area contributed by atoms with Crippen molar-refractivity contribution in [1.29, 1.82) is 0 Å². The fraction of sp³-hybridized carbons (Fsp3) is 0.588. The molecule has 0 saturated carbocycles. The number of anilines is 2. The van der Waals surface area contributed by atoms with Crippen molar-refractivity contribution < 1.29 is 9.53 Å². The monoisotopic (exact) mass is 294 g/mol. The normalized spacial score (nSPS) is 10.9. The molecular formula is C17H30N2O2. The van der Waals surface area contributed by atoms with Gasteiger partial charge in [0.05, 0.1) is 6.61 Å². The molecule has 21 heavy (non-hydrogen) atoms. The molecule has 1 atom stereocenters. The van der Waals surface area contributed by atoms with E-state index in [0.717, 1.165) is 17.8 Å². The zero-order valence-corrected chi connectivity index (χ0v) is 13.8. The van der Waals surface area contributed by atoms with Crippen molar-refractivity contribution in [1.82, 2.24) is 0 Å². The lowest BCUT2D eigenvalue weighted by molar-refractivity contribution is -0.130. The fourth-order valence-corrected chi connectivity index (χ4v) is 1.88. The second-order valence-electron chi connectivity index (χ2n) is 4.92. The highest BCUT2D eigenvalue weighted by molar-refractivity contribution is 5.52. The third-order valence-electron chi connectivity index (χ3n) is 3.41. The van der Waals surface area contributed by atoms with E-state index in [1.54, 1.807) is 0 Å². The van der Waals surface area contributed by atoms with E-state index in [9.17, 15) is 4.79 Å². The lowest BCUT2D eigenvalue weighted by Gasteiger charge is -2.11. The third kappa shape index (κ3) is 9.77. The first-order chi connectivity index (χ1) is 10.2. The minimum Gasteiger partial charge on any atom is -0.468 e. The van der Waals surface area contributed by atoms with Crippen molar-refractivity contribution in [3.05, 3.63) is 24.3 Å². The Kier molecular flexibility index (Phi) is 12.2. The van der Waals surface area contributed by atoms with Crippen LogP contribution in [0.5, 0.6) is 0 Å². The van der Waals surface area contributed by atoms with Crippen molar-refractivity contribution in [2.24, 2.45) is 5.92 Å². The van der Waals surface area contributed by atoms with Crippen LogP contribution < -0.4 is 10.6 Å². The van der Waals surface area contributed by atoms with Gasteiger partial charge >= 0.3 is 0 Å². The molecule has 1 rings (SSSR count). The summed E-state index contributed by atoms with van der Waals surface area (Å²) in [5, 5.41) is 6.10. The fourth-order valence-electron chi connectivity index (χ4n) is 1.88. The molecule has 0 heterocycles. The quantitative estimate of drug-likeness (QED) is 0.672. The summed E-state index contributed by atoms with van der Waals surface area (Å²) in [5.74, 6) is 0.570. The van der Waals surface area contributed by atoms with E-state index in [2.05, 4.69) is 24.5 Å². The summed E-state index contributed by atoms with van der Waals surface area (Å²) >= 11 is 0. The molecule has 0 amide bonds. The van der Waals surface area contributed by atoms with Gasteiger partial charge in [-0.25, -0.2) is 0 Å². The minimum absolute atomic E-state index is 0.536. The van der Waals surface area contributed by atoms with Crippen LogP contribution in [0.4, 0.5) is 11.4 Å². The molecule has 4 heteroatoms. The predicted molar refractivity (Wildman–Crippen MR) is 90.9 cm³/mol. The lowest BCUT2D eigenvalue weighted by atomic mass is 10.0. The molecule has 0 aromatic heterocycles. The Morgan fingerprint density at radius 2 is 1.62 bits per heavy atom. The highest BCUT2D eigenvalue weighted by Gasteiger charge is 2.04. The van der Waals surface area contributed by atoms with Crippen LogP contribution in [0.15, 0.2) is 24.3 Å². The number of ether oxygens (including phenoxy) is 1. The van der Waals surface area contributed by atoms with Crippen LogP contribution in [-0.4, -0.2) is 27.2 Å². The lowest BCUT2D eigenvalue weighted by Crippen LogP contribution is -2.07. The maximum atomic E-state index is 9.88. The number of hydrogen-bond donors (Lipinski definition) is 2. The summed E-state index contributed by atoms with van der Waals surface area (Å²) in [6.07, 6.45) is 4.74. The SMILES string of the molecule is CCCCC(CC)COC=O.CNc1ccc(NC)cc1. The molecule has 0 bridgehead atoms. The number of nitrogens with one attached hydrogen (secondary N) is 2. The van der Waals surface area contributed by atoms with Crippen LogP contribution >= 0.6 is 0 Å². The van der Waals surface area contributed by atoms with Crippen molar-refractivity contribution in [2.45, 2.75) is 39.5 Å².